The highest BCUT2D eigenvalue weighted by atomic mass is 35.5. The molecule has 1 aromatic heterocycles. The van der Waals surface area contributed by atoms with Crippen LogP contribution in [0.2, 0.25) is 5.02 Å². The van der Waals surface area contributed by atoms with Crippen molar-refractivity contribution < 1.29 is 4.39 Å². The molecule has 0 spiro atoms. The molecular weight excluding hydrogens is 259 g/mol. The van der Waals surface area contributed by atoms with E-state index in [9.17, 15) is 4.39 Å². The predicted molar refractivity (Wildman–Crippen MR) is 69.6 cm³/mol. The van der Waals surface area contributed by atoms with Crippen molar-refractivity contribution in [3.8, 4) is 0 Å². The maximum Gasteiger partial charge on any atom is 0.129 e. The van der Waals surface area contributed by atoms with Crippen LogP contribution in [0.25, 0.3) is 0 Å². The first-order valence-corrected chi connectivity index (χ1v) is 6.28. The van der Waals surface area contributed by atoms with Crippen LogP contribution in [-0.4, -0.2) is 0 Å². The summed E-state index contributed by atoms with van der Waals surface area (Å²) in [4.78, 5) is 2.14. The molecule has 1 atom stereocenters. The first-order chi connectivity index (χ1) is 8.11. The average molecular weight is 271 g/mol. The molecule has 17 heavy (non-hydrogen) atoms. The zero-order chi connectivity index (χ0) is 12.4. The van der Waals surface area contributed by atoms with E-state index >= 15 is 0 Å². The number of thiophene rings is 1. The van der Waals surface area contributed by atoms with E-state index < -0.39 is 0 Å². The summed E-state index contributed by atoms with van der Waals surface area (Å²) >= 11 is 7.31. The second-order valence-electron chi connectivity index (χ2n) is 3.71. The molecular formula is C12H12ClFN2S. The number of aryl methyl sites for hydroxylation is 1. The van der Waals surface area contributed by atoms with Gasteiger partial charge in [0.25, 0.3) is 0 Å². The lowest BCUT2D eigenvalue weighted by Gasteiger charge is -2.15. The van der Waals surface area contributed by atoms with Gasteiger partial charge >= 0.3 is 0 Å². The molecule has 2 nitrogen and oxygen atoms in total. The highest BCUT2D eigenvalue weighted by Crippen LogP contribution is 2.30. The number of halogens is 2. The monoisotopic (exact) mass is 270 g/mol. The van der Waals surface area contributed by atoms with Gasteiger partial charge in [0.15, 0.2) is 0 Å². The van der Waals surface area contributed by atoms with E-state index in [0.717, 1.165) is 9.75 Å². The molecule has 0 aliphatic heterocycles. The third-order valence-corrected chi connectivity index (χ3v) is 3.79. The van der Waals surface area contributed by atoms with E-state index in [1.165, 1.54) is 6.07 Å². The minimum Gasteiger partial charge on any atom is -0.271 e. The molecule has 0 saturated heterocycles. The van der Waals surface area contributed by atoms with Crippen LogP contribution in [-0.2, 0) is 0 Å². The number of hydrogen-bond donors (Lipinski definition) is 2. The van der Waals surface area contributed by atoms with Gasteiger partial charge in [0.2, 0.25) is 0 Å². The highest BCUT2D eigenvalue weighted by molar-refractivity contribution is 7.12. The third kappa shape index (κ3) is 2.66. The molecule has 0 radical (unpaired) electrons. The molecule has 3 N–H and O–H groups in total. The van der Waals surface area contributed by atoms with Gasteiger partial charge in [-0.1, -0.05) is 17.7 Å². The molecule has 0 saturated carbocycles. The predicted octanol–water partition coefficient (Wildman–Crippen LogP) is 3.40. The van der Waals surface area contributed by atoms with Gasteiger partial charge in [0.1, 0.15) is 5.82 Å². The SMILES string of the molecule is Cc1ccc(C(NN)c2ccc(Cl)cc2F)s1. The van der Waals surface area contributed by atoms with Crippen LogP contribution in [0.1, 0.15) is 21.4 Å². The van der Waals surface area contributed by atoms with Crippen molar-refractivity contribution in [2.75, 3.05) is 0 Å². The maximum absolute atomic E-state index is 13.8. The smallest absolute Gasteiger partial charge is 0.129 e. The number of benzene rings is 1. The van der Waals surface area contributed by atoms with Crippen LogP contribution in [0.3, 0.4) is 0 Å². The molecule has 1 aromatic carbocycles. The lowest BCUT2D eigenvalue weighted by atomic mass is 10.1. The molecule has 0 bridgehead atoms. The quantitative estimate of drug-likeness (QED) is 0.663. The van der Waals surface area contributed by atoms with Gasteiger partial charge in [-0.25, -0.2) is 9.82 Å². The van der Waals surface area contributed by atoms with E-state index in [4.69, 9.17) is 17.4 Å². The van der Waals surface area contributed by atoms with Crippen molar-refractivity contribution in [3.05, 3.63) is 56.5 Å². The molecule has 0 amide bonds. The van der Waals surface area contributed by atoms with E-state index in [2.05, 4.69) is 5.43 Å². The lowest BCUT2D eigenvalue weighted by Crippen LogP contribution is -2.28. The van der Waals surface area contributed by atoms with Gasteiger partial charge in [-0.15, -0.1) is 11.3 Å². The van der Waals surface area contributed by atoms with Gasteiger partial charge in [0.05, 0.1) is 6.04 Å². The Labute approximate surface area is 108 Å². The van der Waals surface area contributed by atoms with Gasteiger partial charge in [-0.3, -0.25) is 5.84 Å². The molecule has 90 valence electrons. The normalized spacial score (nSPS) is 12.7. The van der Waals surface area contributed by atoms with Crippen molar-refractivity contribution in [2.24, 2.45) is 5.84 Å². The summed E-state index contributed by atoms with van der Waals surface area (Å²) < 4.78 is 13.8. The topological polar surface area (TPSA) is 38.0 Å². The summed E-state index contributed by atoms with van der Waals surface area (Å²) in [6.45, 7) is 2.00. The summed E-state index contributed by atoms with van der Waals surface area (Å²) in [5.74, 6) is 5.15. The van der Waals surface area contributed by atoms with Crippen LogP contribution < -0.4 is 11.3 Å². The molecule has 2 rings (SSSR count). The van der Waals surface area contributed by atoms with Crippen LogP contribution in [0, 0.1) is 12.7 Å². The van der Waals surface area contributed by atoms with E-state index in [1.807, 2.05) is 19.1 Å². The number of hydrogen-bond acceptors (Lipinski definition) is 3. The van der Waals surface area contributed by atoms with Crippen molar-refractivity contribution in [1.29, 1.82) is 0 Å². The van der Waals surface area contributed by atoms with Crippen molar-refractivity contribution in [3.63, 3.8) is 0 Å². The Balaban J connectivity index is 2.42. The van der Waals surface area contributed by atoms with Crippen molar-refractivity contribution >= 4 is 22.9 Å². The van der Waals surface area contributed by atoms with E-state index in [1.54, 1.807) is 23.5 Å². The summed E-state index contributed by atoms with van der Waals surface area (Å²) in [5, 5.41) is 0.379. The van der Waals surface area contributed by atoms with Crippen LogP contribution in [0.15, 0.2) is 30.3 Å². The number of nitrogens with one attached hydrogen (secondary N) is 1. The van der Waals surface area contributed by atoms with Crippen molar-refractivity contribution in [1.82, 2.24) is 5.43 Å². The maximum atomic E-state index is 13.8. The van der Waals surface area contributed by atoms with E-state index in [0.29, 0.717) is 10.6 Å². The highest BCUT2D eigenvalue weighted by Gasteiger charge is 2.18. The molecule has 0 aliphatic carbocycles. The molecule has 5 heteroatoms. The van der Waals surface area contributed by atoms with Crippen molar-refractivity contribution in [2.45, 2.75) is 13.0 Å². The van der Waals surface area contributed by atoms with E-state index in [-0.39, 0.29) is 11.9 Å². The fourth-order valence-corrected chi connectivity index (χ4v) is 2.78. The molecule has 1 heterocycles. The van der Waals surface area contributed by atoms with Crippen LogP contribution >= 0.6 is 22.9 Å². The number of hydrazine groups is 1. The Morgan fingerprint density at radius 1 is 1.35 bits per heavy atom. The largest absolute Gasteiger partial charge is 0.271 e. The number of nitrogens with two attached hydrogens (primary N) is 1. The third-order valence-electron chi connectivity index (χ3n) is 2.49. The standard InChI is InChI=1S/C12H12ClFN2S/c1-7-2-5-11(17-7)12(16-15)9-4-3-8(13)6-10(9)14/h2-6,12,16H,15H2,1H3. The zero-order valence-electron chi connectivity index (χ0n) is 9.21. The Morgan fingerprint density at radius 2 is 2.12 bits per heavy atom. The Kier molecular flexibility index (Phi) is 3.79. The fourth-order valence-electron chi connectivity index (χ4n) is 1.67. The van der Waals surface area contributed by atoms with Gasteiger partial charge in [-0.05, 0) is 31.2 Å². The average Bonchev–Trinajstić information content (AvgIpc) is 2.69. The fraction of sp³-hybridized carbons (Fsp3) is 0.167. The summed E-state index contributed by atoms with van der Waals surface area (Å²) in [6.07, 6.45) is 0. The van der Waals surface area contributed by atoms with Crippen LogP contribution in [0.4, 0.5) is 4.39 Å². The Morgan fingerprint density at radius 3 is 2.65 bits per heavy atom. The Bertz CT molecular complexity index is 527. The lowest BCUT2D eigenvalue weighted by molar-refractivity contribution is 0.564. The molecule has 2 aromatic rings. The number of rotatable bonds is 3. The second kappa shape index (κ2) is 5.14. The van der Waals surface area contributed by atoms with Gasteiger partial charge in [0, 0.05) is 20.3 Å². The minimum absolute atomic E-state index is 0.342. The minimum atomic E-state index is -0.355. The van der Waals surface area contributed by atoms with Gasteiger partial charge in [-0.2, -0.15) is 0 Å². The molecule has 0 aliphatic rings. The first-order valence-electron chi connectivity index (χ1n) is 5.09. The first kappa shape index (κ1) is 12.5. The molecule has 1 unspecified atom stereocenters. The summed E-state index contributed by atoms with van der Waals surface area (Å²) in [5.41, 5.74) is 3.13. The van der Waals surface area contributed by atoms with Crippen LogP contribution in [0.5, 0.6) is 0 Å². The summed E-state index contributed by atoms with van der Waals surface area (Å²) in [7, 11) is 0. The molecule has 0 fully saturated rings. The summed E-state index contributed by atoms with van der Waals surface area (Å²) in [6, 6.07) is 8.19. The zero-order valence-corrected chi connectivity index (χ0v) is 10.8. The second-order valence-corrected chi connectivity index (χ2v) is 5.47. The Hall–Kier alpha value is -0.940. The van der Waals surface area contributed by atoms with Gasteiger partial charge < -0.3 is 0 Å².